The molecule has 5 heteroatoms. The van der Waals surface area contributed by atoms with Crippen molar-refractivity contribution >= 4 is 5.91 Å². The van der Waals surface area contributed by atoms with Crippen LogP contribution in [0, 0.1) is 0 Å². The molecule has 3 rings (SSSR count). The van der Waals surface area contributed by atoms with Gasteiger partial charge in [0.2, 0.25) is 5.72 Å². The predicted octanol–water partition coefficient (Wildman–Crippen LogP) is 3.12. The van der Waals surface area contributed by atoms with E-state index in [0.717, 1.165) is 0 Å². The first-order valence-corrected chi connectivity index (χ1v) is 7.40. The maximum absolute atomic E-state index is 14.9. The van der Waals surface area contributed by atoms with Crippen LogP contribution in [-0.2, 0) is 6.42 Å². The molecule has 0 radical (unpaired) electrons. The van der Waals surface area contributed by atoms with Gasteiger partial charge in [-0.1, -0.05) is 40.9 Å². The molecule has 4 nitrogen and oxygen atoms in total. The van der Waals surface area contributed by atoms with Crippen LogP contribution in [0.2, 0.25) is 0 Å². The Morgan fingerprint density at radius 3 is 2.43 bits per heavy atom. The van der Waals surface area contributed by atoms with Gasteiger partial charge in [-0.05, 0) is 37.6 Å². The molecule has 23 heavy (non-hydrogen) atoms. The minimum atomic E-state index is -2.10. The van der Waals surface area contributed by atoms with Crippen molar-refractivity contribution in [3.63, 3.8) is 0 Å². The lowest BCUT2D eigenvalue weighted by atomic mass is 9.84. The van der Waals surface area contributed by atoms with Gasteiger partial charge < -0.3 is 9.84 Å². The fourth-order valence-electron chi connectivity index (χ4n) is 2.75. The van der Waals surface area contributed by atoms with Crippen molar-refractivity contribution < 1.29 is 19.1 Å². The van der Waals surface area contributed by atoms with Crippen LogP contribution in [0.3, 0.4) is 0 Å². The monoisotopic (exact) mass is 315 g/mol. The van der Waals surface area contributed by atoms with Gasteiger partial charge in [0, 0.05) is 12.0 Å². The summed E-state index contributed by atoms with van der Waals surface area (Å²) in [6.07, 6.45) is -0.0504. The highest BCUT2D eigenvalue weighted by atomic mass is 19.2. The summed E-state index contributed by atoms with van der Waals surface area (Å²) >= 11 is 0. The van der Waals surface area contributed by atoms with Gasteiger partial charge in [-0.2, -0.15) is 0 Å². The molecule has 0 fully saturated rings. The number of halogens is 1. The molecule has 0 aromatic heterocycles. The van der Waals surface area contributed by atoms with Gasteiger partial charge in [-0.15, -0.1) is 5.12 Å². The number of ether oxygens (including phenoxy) is 1. The smallest absolute Gasteiger partial charge is 0.284 e. The summed E-state index contributed by atoms with van der Waals surface area (Å²) in [5, 5.41) is 10.8. The van der Waals surface area contributed by atoms with E-state index in [1.807, 2.05) is 6.07 Å². The van der Waals surface area contributed by atoms with Gasteiger partial charge in [0.25, 0.3) is 5.91 Å². The first-order valence-electron chi connectivity index (χ1n) is 7.40. The summed E-state index contributed by atoms with van der Waals surface area (Å²) in [5.41, 5.74) is -2.59. The topological polar surface area (TPSA) is 49.8 Å². The second kappa shape index (κ2) is 5.35. The van der Waals surface area contributed by atoms with E-state index in [2.05, 4.69) is 0 Å². The molecule has 1 aliphatic rings. The molecule has 1 N–H and O–H groups in total. The van der Waals surface area contributed by atoms with E-state index < -0.39 is 17.2 Å². The molecule has 1 atom stereocenters. The standard InChI is InChI=1S/C18H18FNO3/c1-17(2)18(22,12-14-10-6-7-11-15(14)23-17)20(19)16(21)13-8-4-3-5-9-13/h3-11,22H,12H2,1-2H3. The van der Waals surface area contributed by atoms with Crippen molar-refractivity contribution in [2.75, 3.05) is 0 Å². The summed E-state index contributed by atoms with van der Waals surface area (Å²) in [4.78, 5) is 12.4. The largest absolute Gasteiger partial charge is 0.482 e. The number of hydrogen-bond donors (Lipinski definition) is 1. The van der Waals surface area contributed by atoms with Crippen LogP contribution >= 0.6 is 0 Å². The molecule has 2 aromatic rings. The van der Waals surface area contributed by atoms with Crippen LogP contribution < -0.4 is 4.74 Å². The molecule has 0 bridgehead atoms. The van der Waals surface area contributed by atoms with Gasteiger partial charge in [0.1, 0.15) is 5.75 Å². The Kier molecular flexibility index (Phi) is 3.60. The number of fused-ring (bicyclic) bond motifs is 1. The summed E-state index contributed by atoms with van der Waals surface area (Å²) in [5.74, 6) is -0.313. The highest BCUT2D eigenvalue weighted by molar-refractivity contribution is 5.93. The Labute approximate surface area is 134 Å². The van der Waals surface area contributed by atoms with E-state index >= 15 is 0 Å². The Hall–Kier alpha value is -2.40. The summed E-state index contributed by atoms with van der Waals surface area (Å²) < 4.78 is 20.7. The first-order chi connectivity index (χ1) is 10.8. The molecular weight excluding hydrogens is 297 g/mol. The third-order valence-electron chi connectivity index (χ3n) is 4.26. The van der Waals surface area contributed by atoms with Crippen LogP contribution in [0.4, 0.5) is 4.48 Å². The number of aliphatic hydroxyl groups is 1. The SMILES string of the molecule is CC1(C)Oc2ccccc2CC1(O)N(F)C(=O)c1ccccc1. The normalized spacial score (nSPS) is 21.9. The predicted molar refractivity (Wildman–Crippen MR) is 83.5 cm³/mol. The average molecular weight is 315 g/mol. The molecule has 0 saturated heterocycles. The van der Waals surface area contributed by atoms with Crippen molar-refractivity contribution in [2.24, 2.45) is 0 Å². The Bertz CT molecular complexity index is 732. The summed E-state index contributed by atoms with van der Waals surface area (Å²) in [7, 11) is 0. The molecule has 1 unspecified atom stereocenters. The highest BCUT2D eigenvalue weighted by Gasteiger charge is 2.56. The number of carbonyl (C=O) groups excluding carboxylic acids is 1. The number of para-hydroxylation sites is 1. The third kappa shape index (κ3) is 2.47. The Balaban J connectivity index is 1.98. The quantitative estimate of drug-likeness (QED) is 0.684. The zero-order chi connectivity index (χ0) is 16.7. The van der Waals surface area contributed by atoms with Gasteiger partial charge in [-0.3, -0.25) is 4.79 Å². The Morgan fingerprint density at radius 1 is 1.13 bits per heavy atom. The van der Waals surface area contributed by atoms with Gasteiger partial charge in [0.05, 0.1) is 0 Å². The molecule has 0 aliphatic carbocycles. The molecule has 0 spiro atoms. The van der Waals surface area contributed by atoms with Gasteiger partial charge in [-0.25, -0.2) is 0 Å². The van der Waals surface area contributed by atoms with Crippen LogP contribution in [0.5, 0.6) is 5.75 Å². The van der Waals surface area contributed by atoms with Crippen molar-refractivity contribution in [3.8, 4) is 5.75 Å². The first kappa shape index (κ1) is 15.5. The highest BCUT2D eigenvalue weighted by Crippen LogP contribution is 2.42. The average Bonchev–Trinajstić information content (AvgIpc) is 2.55. The number of benzene rings is 2. The number of nitrogens with zero attached hydrogens (tertiary/aromatic N) is 1. The van der Waals surface area contributed by atoms with E-state index in [4.69, 9.17) is 4.74 Å². The summed E-state index contributed by atoms with van der Waals surface area (Å²) in [6, 6.07) is 15.1. The lowest BCUT2D eigenvalue weighted by Gasteiger charge is -2.48. The second-order valence-electron chi connectivity index (χ2n) is 6.17. The molecular formula is C18H18FNO3. The van der Waals surface area contributed by atoms with Crippen LogP contribution in [0.25, 0.3) is 0 Å². The van der Waals surface area contributed by atoms with Crippen LogP contribution in [-0.4, -0.2) is 27.5 Å². The molecule has 120 valence electrons. The van der Waals surface area contributed by atoms with E-state index in [-0.39, 0.29) is 17.1 Å². The van der Waals surface area contributed by atoms with E-state index in [1.165, 1.54) is 12.1 Å². The fourth-order valence-corrected chi connectivity index (χ4v) is 2.75. The zero-order valence-electron chi connectivity index (χ0n) is 13.0. The zero-order valence-corrected chi connectivity index (χ0v) is 13.0. The van der Waals surface area contributed by atoms with Gasteiger partial charge >= 0.3 is 0 Å². The fraction of sp³-hybridized carbons (Fsp3) is 0.278. The lowest BCUT2D eigenvalue weighted by molar-refractivity contribution is -0.253. The third-order valence-corrected chi connectivity index (χ3v) is 4.26. The molecule has 2 aromatic carbocycles. The minimum absolute atomic E-state index is 0.0504. The number of carbonyl (C=O) groups is 1. The maximum atomic E-state index is 14.9. The van der Waals surface area contributed by atoms with Crippen molar-refractivity contribution in [2.45, 2.75) is 31.6 Å². The van der Waals surface area contributed by atoms with Crippen LogP contribution in [0.1, 0.15) is 29.8 Å². The van der Waals surface area contributed by atoms with E-state index in [1.54, 1.807) is 50.2 Å². The van der Waals surface area contributed by atoms with Crippen molar-refractivity contribution in [3.05, 3.63) is 65.7 Å². The van der Waals surface area contributed by atoms with Crippen LogP contribution in [0.15, 0.2) is 54.6 Å². The number of rotatable bonds is 2. The summed E-state index contributed by atoms with van der Waals surface area (Å²) in [6.45, 7) is 3.13. The number of hydrogen-bond acceptors (Lipinski definition) is 3. The Morgan fingerprint density at radius 2 is 1.74 bits per heavy atom. The van der Waals surface area contributed by atoms with Crippen molar-refractivity contribution in [1.82, 2.24) is 5.12 Å². The molecule has 1 amide bonds. The van der Waals surface area contributed by atoms with Crippen molar-refractivity contribution in [1.29, 1.82) is 0 Å². The second-order valence-corrected chi connectivity index (χ2v) is 6.17. The van der Waals surface area contributed by atoms with E-state index in [9.17, 15) is 14.4 Å². The minimum Gasteiger partial charge on any atom is -0.482 e. The maximum Gasteiger partial charge on any atom is 0.284 e. The molecule has 1 heterocycles. The van der Waals surface area contributed by atoms with E-state index in [0.29, 0.717) is 11.3 Å². The van der Waals surface area contributed by atoms with Gasteiger partial charge in [0.15, 0.2) is 5.60 Å². The molecule has 0 saturated carbocycles. The lowest BCUT2D eigenvalue weighted by Crippen LogP contribution is -2.66. The molecule has 1 aliphatic heterocycles. The number of amides is 1.